The number of aliphatic hydroxyl groups excluding tert-OH is 1. The topological polar surface area (TPSA) is 53.4 Å². The molecule has 0 aromatic carbocycles. The van der Waals surface area contributed by atoms with Crippen LogP contribution in [0.5, 0.6) is 0 Å². The Morgan fingerprint density at radius 2 is 2.45 bits per heavy atom. The van der Waals surface area contributed by atoms with Crippen molar-refractivity contribution in [3.05, 3.63) is 30.1 Å². The number of nitrogens with zero attached hydrogens (tertiary/aromatic N) is 2. The molecule has 1 saturated heterocycles. The Morgan fingerprint density at radius 1 is 1.60 bits per heavy atom. The van der Waals surface area contributed by atoms with Gasteiger partial charge in [0.15, 0.2) is 0 Å². The zero-order chi connectivity index (χ0) is 14.4. The number of piperidine rings is 1. The van der Waals surface area contributed by atoms with Crippen LogP contribution in [0.2, 0.25) is 0 Å². The molecule has 1 amide bonds. The third kappa shape index (κ3) is 4.49. The van der Waals surface area contributed by atoms with Crippen molar-refractivity contribution in [1.29, 1.82) is 0 Å². The van der Waals surface area contributed by atoms with Crippen molar-refractivity contribution >= 4 is 17.7 Å². The zero-order valence-electron chi connectivity index (χ0n) is 11.9. The first-order valence-corrected chi connectivity index (χ1v) is 8.26. The van der Waals surface area contributed by atoms with Gasteiger partial charge in [-0.3, -0.25) is 9.78 Å². The second-order valence-electron chi connectivity index (χ2n) is 5.30. The molecule has 0 aliphatic carbocycles. The number of aromatic nitrogens is 1. The Kier molecular flexibility index (Phi) is 5.86. The SMILES string of the molecule is CC(O)C1CCCN(C(=O)CSCc2ccccn2)C1. The average molecular weight is 294 g/mol. The summed E-state index contributed by atoms with van der Waals surface area (Å²) in [5.74, 6) is 1.66. The molecule has 5 heteroatoms. The zero-order valence-corrected chi connectivity index (χ0v) is 12.7. The van der Waals surface area contributed by atoms with Crippen LogP contribution >= 0.6 is 11.8 Å². The van der Waals surface area contributed by atoms with Crippen LogP contribution in [0, 0.1) is 5.92 Å². The highest BCUT2D eigenvalue weighted by Crippen LogP contribution is 2.21. The van der Waals surface area contributed by atoms with Crippen molar-refractivity contribution in [2.75, 3.05) is 18.8 Å². The number of carbonyl (C=O) groups is 1. The molecule has 2 rings (SSSR count). The normalized spacial score (nSPS) is 20.7. The van der Waals surface area contributed by atoms with Gasteiger partial charge in [-0.25, -0.2) is 0 Å². The van der Waals surface area contributed by atoms with Crippen LogP contribution in [0.1, 0.15) is 25.5 Å². The second kappa shape index (κ2) is 7.64. The number of aliphatic hydroxyl groups is 1. The standard InChI is InChI=1S/C15H22N2O2S/c1-12(18)13-5-4-8-17(9-13)15(19)11-20-10-14-6-2-3-7-16-14/h2-3,6-7,12-13,18H,4-5,8-11H2,1H3. The van der Waals surface area contributed by atoms with Crippen molar-refractivity contribution in [1.82, 2.24) is 9.88 Å². The van der Waals surface area contributed by atoms with E-state index in [1.54, 1.807) is 18.0 Å². The highest BCUT2D eigenvalue weighted by Gasteiger charge is 2.26. The summed E-state index contributed by atoms with van der Waals surface area (Å²) in [5.41, 5.74) is 1.01. The maximum absolute atomic E-state index is 12.2. The summed E-state index contributed by atoms with van der Waals surface area (Å²) >= 11 is 1.60. The van der Waals surface area contributed by atoms with Gasteiger partial charge in [-0.05, 0) is 31.9 Å². The van der Waals surface area contributed by atoms with E-state index in [4.69, 9.17) is 0 Å². The van der Waals surface area contributed by atoms with Gasteiger partial charge in [0.2, 0.25) is 5.91 Å². The minimum Gasteiger partial charge on any atom is -0.393 e. The lowest BCUT2D eigenvalue weighted by atomic mass is 9.93. The molecule has 4 nitrogen and oxygen atoms in total. The molecule has 0 spiro atoms. The molecular formula is C15H22N2O2S. The Labute approximate surface area is 124 Å². The van der Waals surface area contributed by atoms with E-state index >= 15 is 0 Å². The molecule has 2 atom stereocenters. The number of amides is 1. The average Bonchev–Trinajstić information content (AvgIpc) is 2.48. The van der Waals surface area contributed by atoms with Gasteiger partial charge in [0.1, 0.15) is 0 Å². The predicted molar refractivity (Wildman–Crippen MR) is 81.4 cm³/mol. The molecule has 110 valence electrons. The summed E-state index contributed by atoms with van der Waals surface area (Å²) in [6.07, 6.45) is 3.46. The van der Waals surface area contributed by atoms with Crippen molar-refractivity contribution in [2.24, 2.45) is 5.92 Å². The van der Waals surface area contributed by atoms with E-state index in [2.05, 4.69) is 4.98 Å². The summed E-state index contributed by atoms with van der Waals surface area (Å²) in [6.45, 7) is 3.33. The summed E-state index contributed by atoms with van der Waals surface area (Å²) in [5, 5.41) is 9.65. The van der Waals surface area contributed by atoms with E-state index in [1.165, 1.54) is 0 Å². The fourth-order valence-corrected chi connectivity index (χ4v) is 3.29. The number of carbonyl (C=O) groups excluding carboxylic acids is 1. The van der Waals surface area contributed by atoms with Crippen LogP contribution in [0.4, 0.5) is 0 Å². The minimum absolute atomic E-state index is 0.177. The van der Waals surface area contributed by atoms with Crippen LogP contribution in [-0.4, -0.2) is 45.8 Å². The molecule has 0 bridgehead atoms. The number of hydrogen-bond acceptors (Lipinski definition) is 4. The second-order valence-corrected chi connectivity index (χ2v) is 6.28. The molecule has 1 fully saturated rings. The highest BCUT2D eigenvalue weighted by atomic mass is 32.2. The molecular weight excluding hydrogens is 272 g/mol. The minimum atomic E-state index is -0.327. The van der Waals surface area contributed by atoms with Gasteiger partial charge in [0, 0.05) is 31.0 Å². The van der Waals surface area contributed by atoms with Gasteiger partial charge in [-0.15, -0.1) is 11.8 Å². The summed E-state index contributed by atoms with van der Waals surface area (Å²) in [6, 6.07) is 5.83. The van der Waals surface area contributed by atoms with Gasteiger partial charge in [-0.1, -0.05) is 6.07 Å². The fraction of sp³-hybridized carbons (Fsp3) is 0.600. The van der Waals surface area contributed by atoms with E-state index in [0.29, 0.717) is 12.3 Å². The van der Waals surface area contributed by atoms with Crippen molar-refractivity contribution in [3.63, 3.8) is 0 Å². The van der Waals surface area contributed by atoms with E-state index in [1.807, 2.05) is 30.0 Å². The molecule has 0 saturated carbocycles. The number of thioether (sulfide) groups is 1. The van der Waals surface area contributed by atoms with Gasteiger partial charge in [0.05, 0.1) is 17.6 Å². The van der Waals surface area contributed by atoms with Gasteiger partial charge >= 0.3 is 0 Å². The molecule has 1 aromatic rings. The maximum atomic E-state index is 12.2. The van der Waals surface area contributed by atoms with Gasteiger partial charge in [0.25, 0.3) is 0 Å². The van der Waals surface area contributed by atoms with Crippen molar-refractivity contribution < 1.29 is 9.90 Å². The summed E-state index contributed by atoms with van der Waals surface area (Å²) < 4.78 is 0. The Hall–Kier alpha value is -1.07. The lowest BCUT2D eigenvalue weighted by Gasteiger charge is -2.34. The third-order valence-corrected chi connectivity index (χ3v) is 4.65. The fourth-order valence-electron chi connectivity index (χ4n) is 2.45. The van der Waals surface area contributed by atoms with Crippen LogP contribution < -0.4 is 0 Å². The monoisotopic (exact) mass is 294 g/mol. The molecule has 1 aliphatic rings. The molecule has 2 unspecified atom stereocenters. The third-order valence-electron chi connectivity index (χ3n) is 3.69. The lowest BCUT2D eigenvalue weighted by molar-refractivity contribution is -0.130. The smallest absolute Gasteiger partial charge is 0.232 e. The first-order chi connectivity index (χ1) is 9.66. The van der Waals surface area contributed by atoms with Crippen LogP contribution in [0.15, 0.2) is 24.4 Å². The van der Waals surface area contributed by atoms with Crippen LogP contribution in [-0.2, 0) is 10.5 Å². The Balaban J connectivity index is 1.74. The van der Waals surface area contributed by atoms with E-state index in [-0.39, 0.29) is 17.9 Å². The van der Waals surface area contributed by atoms with Gasteiger partial charge < -0.3 is 10.0 Å². The highest BCUT2D eigenvalue weighted by molar-refractivity contribution is 7.99. The Bertz CT molecular complexity index is 425. The molecule has 1 aliphatic heterocycles. The first-order valence-electron chi connectivity index (χ1n) is 7.10. The number of rotatable bonds is 5. The van der Waals surface area contributed by atoms with E-state index < -0.39 is 0 Å². The summed E-state index contributed by atoms with van der Waals surface area (Å²) in [7, 11) is 0. The summed E-state index contributed by atoms with van der Waals surface area (Å²) in [4.78, 5) is 18.3. The first kappa shape index (κ1) is 15.3. The van der Waals surface area contributed by atoms with E-state index in [9.17, 15) is 9.90 Å². The van der Waals surface area contributed by atoms with Gasteiger partial charge in [-0.2, -0.15) is 0 Å². The number of likely N-dealkylation sites (tertiary alicyclic amines) is 1. The van der Waals surface area contributed by atoms with E-state index in [0.717, 1.165) is 30.8 Å². The molecule has 2 heterocycles. The lowest BCUT2D eigenvalue weighted by Crippen LogP contribution is -2.43. The quantitative estimate of drug-likeness (QED) is 0.901. The number of pyridine rings is 1. The molecule has 1 aromatic heterocycles. The Morgan fingerprint density at radius 3 is 3.15 bits per heavy atom. The molecule has 1 N–H and O–H groups in total. The number of hydrogen-bond donors (Lipinski definition) is 1. The molecule has 0 radical (unpaired) electrons. The molecule has 20 heavy (non-hydrogen) atoms. The maximum Gasteiger partial charge on any atom is 0.232 e. The largest absolute Gasteiger partial charge is 0.393 e. The van der Waals surface area contributed by atoms with Crippen molar-refractivity contribution in [3.8, 4) is 0 Å². The van der Waals surface area contributed by atoms with Crippen molar-refractivity contribution in [2.45, 2.75) is 31.6 Å². The predicted octanol–water partition coefficient (Wildman–Crippen LogP) is 1.93. The van der Waals surface area contributed by atoms with Crippen LogP contribution in [0.3, 0.4) is 0 Å². The van der Waals surface area contributed by atoms with Crippen LogP contribution in [0.25, 0.3) is 0 Å².